The van der Waals surface area contributed by atoms with Gasteiger partial charge in [0.15, 0.2) is 5.79 Å². The predicted octanol–water partition coefficient (Wildman–Crippen LogP) is 5.58. The number of hydrogen-bond acceptors (Lipinski definition) is 4. The van der Waals surface area contributed by atoms with Crippen LogP contribution in [0.4, 0.5) is 0 Å². The van der Waals surface area contributed by atoms with Gasteiger partial charge in [-0.15, -0.1) is 11.8 Å². The Bertz CT molecular complexity index is 681. The fraction of sp³-hybridized carbons (Fsp3) is 0.667. The molecule has 2 unspecified atom stereocenters. The fourth-order valence-corrected chi connectivity index (χ4v) is 4.93. The molecule has 1 N–H and O–H groups in total. The number of carboxylic acid groups (broad SMARTS) is 1. The normalized spacial score (nSPS) is 24.8. The van der Waals surface area contributed by atoms with E-state index in [9.17, 15) is 9.90 Å². The van der Waals surface area contributed by atoms with Crippen LogP contribution in [-0.2, 0) is 14.3 Å². The van der Waals surface area contributed by atoms with Crippen LogP contribution in [0, 0.1) is 11.3 Å². The summed E-state index contributed by atoms with van der Waals surface area (Å²) in [5.41, 5.74) is 0.852. The third kappa shape index (κ3) is 5.00. The lowest BCUT2D eigenvalue weighted by atomic mass is 9.89. The molecule has 0 amide bonds. The van der Waals surface area contributed by atoms with Gasteiger partial charge in [0.2, 0.25) is 0 Å². The van der Waals surface area contributed by atoms with E-state index in [1.807, 2.05) is 18.4 Å². The van der Waals surface area contributed by atoms with Crippen molar-refractivity contribution in [2.45, 2.75) is 62.6 Å². The van der Waals surface area contributed by atoms with E-state index in [-0.39, 0.29) is 5.41 Å². The van der Waals surface area contributed by atoms with E-state index >= 15 is 0 Å². The Hall–Kier alpha value is -0.750. The molecule has 4 nitrogen and oxygen atoms in total. The molecule has 1 saturated heterocycles. The van der Waals surface area contributed by atoms with Crippen LogP contribution < -0.4 is 0 Å². The van der Waals surface area contributed by atoms with Gasteiger partial charge in [-0.25, -0.2) is 0 Å². The molecule has 1 aromatic rings. The second-order valence-corrected chi connectivity index (χ2v) is 9.88. The van der Waals surface area contributed by atoms with Gasteiger partial charge in [-0.2, -0.15) is 0 Å². The number of thioether (sulfide) groups is 1. The van der Waals surface area contributed by atoms with Crippen LogP contribution in [0.5, 0.6) is 0 Å². The van der Waals surface area contributed by atoms with Gasteiger partial charge in [0.25, 0.3) is 0 Å². The summed E-state index contributed by atoms with van der Waals surface area (Å²) in [6.07, 6.45) is 6.22. The molecule has 0 aromatic heterocycles. The van der Waals surface area contributed by atoms with Crippen molar-refractivity contribution < 1.29 is 19.4 Å². The Labute approximate surface area is 171 Å². The Morgan fingerprint density at radius 1 is 1.37 bits per heavy atom. The number of carboxylic acids is 1. The van der Waals surface area contributed by atoms with Gasteiger partial charge in [0, 0.05) is 23.2 Å². The van der Waals surface area contributed by atoms with E-state index in [4.69, 9.17) is 21.1 Å². The monoisotopic (exact) mass is 412 g/mol. The van der Waals surface area contributed by atoms with E-state index in [2.05, 4.69) is 13.8 Å². The van der Waals surface area contributed by atoms with Crippen LogP contribution in [0.1, 0.15) is 57.4 Å². The second-order valence-electron chi connectivity index (χ2n) is 8.62. The molecule has 150 valence electrons. The molecule has 1 aliphatic carbocycles. The van der Waals surface area contributed by atoms with Crippen molar-refractivity contribution in [3.63, 3.8) is 0 Å². The van der Waals surface area contributed by atoms with E-state index in [0.717, 1.165) is 49.4 Å². The van der Waals surface area contributed by atoms with Gasteiger partial charge in [0.1, 0.15) is 0 Å². The summed E-state index contributed by atoms with van der Waals surface area (Å²) in [4.78, 5) is 12.8. The summed E-state index contributed by atoms with van der Waals surface area (Å²) in [7, 11) is 0. The zero-order valence-corrected chi connectivity index (χ0v) is 17.9. The van der Waals surface area contributed by atoms with E-state index in [0.29, 0.717) is 17.4 Å². The van der Waals surface area contributed by atoms with Gasteiger partial charge in [-0.3, -0.25) is 4.79 Å². The van der Waals surface area contributed by atoms with Crippen molar-refractivity contribution in [1.29, 1.82) is 0 Å². The maximum absolute atomic E-state index is 11.8. The lowest BCUT2D eigenvalue weighted by Gasteiger charge is -2.41. The van der Waals surface area contributed by atoms with Gasteiger partial charge < -0.3 is 14.6 Å². The number of benzene rings is 1. The molecule has 1 aliphatic heterocycles. The predicted molar refractivity (Wildman–Crippen MR) is 109 cm³/mol. The quantitative estimate of drug-likeness (QED) is 0.618. The molecule has 6 heteroatoms. The number of hydrogen-bond donors (Lipinski definition) is 1. The lowest BCUT2D eigenvalue weighted by Crippen LogP contribution is -2.46. The van der Waals surface area contributed by atoms with Crippen molar-refractivity contribution in [2.24, 2.45) is 11.3 Å². The maximum Gasteiger partial charge on any atom is 0.310 e. The summed E-state index contributed by atoms with van der Waals surface area (Å²) in [6.45, 7) is 5.74. The number of halogens is 1. The second kappa shape index (κ2) is 8.32. The summed E-state index contributed by atoms with van der Waals surface area (Å²) in [6, 6.07) is 5.61. The third-order valence-corrected chi connectivity index (χ3v) is 6.95. The van der Waals surface area contributed by atoms with Crippen molar-refractivity contribution in [3.8, 4) is 0 Å². The molecule has 27 heavy (non-hydrogen) atoms. The van der Waals surface area contributed by atoms with E-state index < -0.39 is 17.7 Å². The molecule has 0 bridgehead atoms. The summed E-state index contributed by atoms with van der Waals surface area (Å²) < 4.78 is 12.2. The SMILES string of the molecule is CSc1ccc(C(CCC2CCC3(C2)OCC(C)(C)CO3)C(=O)O)cc1Cl. The number of carbonyl (C=O) groups is 1. The van der Waals surface area contributed by atoms with Crippen LogP contribution in [0.25, 0.3) is 0 Å². The minimum Gasteiger partial charge on any atom is -0.481 e. The first kappa shape index (κ1) is 21.0. The molecule has 1 spiro atoms. The Morgan fingerprint density at radius 2 is 2.07 bits per heavy atom. The number of aliphatic carboxylic acids is 1. The molecule has 0 radical (unpaired) electrons. The first-order chi connectivity index (χ1) is 12.7. The molecular weight excluding hydrogens is 384 g/mol. The highest BCUT2D eigenvalue weighted by Crippen LogP contribution is 2.45. The summed E-state index contributed by atoms with van der Waals surface area (Å²) in [5, 5.41) is 10.3. The van der Waals surface area contributed by atoms with Crippen LogP contribution in [0.2, 0.25) is 5.02 Å². The standard InChI is InChI=1S/C21H29ClO4S/c1-20(2)12-25-21(26-13-20)9-8-14(11-21)4-6-16(19(23)24)15-5-7-18(27-3)17(22)10-15/h5,7,10,14,16H,4,6,8-9,11-13H2,1-3H3,(H,23,24). The Balaban J connectivity index is 1.59. The van der Waals surface area contributed by atoms with Gasteiger partial charge in [-0.05, 0) is 49.1 Å². The van der Waals surface area contributed by atoms with Crippen molar-refractivity contribution in [1.82, 2.24) is 0 Å². The lowest BCUT2D eigenvalue weighted by molar-refractivity contribution is -0.296. The fourth-order valence-electron chi connectivity index (χ4n) is 4.05. The highest BCUT2D eigenvalue weighted by Gasteiger charge is 2.46. The topological polar surface area (TPSA) is 55.8 Å². The first-order valence-corrected chi connectivity index (χ1v) is 11.2. The molecule has 1 aromatic carbocycles. The molecule has 1 saturated carbocycles. The first-order valence-electron chi connectivity index (χ1n) is 9.58. The molecule has 1 heterocycles. The minimum atomic E-state index is -0.789. The average molecular weight is 413 g/mol. The van der Waals surface area contributed by atoms with Crippen molar-refractivity contribution >= 4 is 29.3 Å². The van der Waals surface area contributed by atoms with Crippen molar-refractivity contribution in [2.75, 3.05) is 19.5 Å². The molecular formula is C21H29ClO4S. The zero-order chi connectivity index (χ0) is 19.7. The smallest absolute Gasteiger partial charge is 0.310 e. The average Bonchev–Trinajstić information content (AvgIpc) is 3.01. The van der Waals surface area contributed by atoms with Gasteiger partial charge >= 0.3 is 5.97 Å². The molecule has 2 aliphatic rings. The van der Waals surface area contributed by atoms with E-state index in [1.54, 1.807) is 17.8 Å². The third-order valence-electron chi connectivity index (χ3n) is 5.72. The van der Waals surface area contributed by atoms with E-state index in [1.165, 1.54) is 0 Å². The summed E-state index contributed by atoms with van der Waals surface area (Å²) in [5.74, 6) is -1.32. The number of rotatable bonds is 6. The maximum atomic E-state index is 11.8. The number of ether oxygens (including phenoxy) is 2. The Morgan fingerprint density at radius 3 is 2.67 bits per heavy atom. The largest absolute Gasteiger partial charge is 0.481 e. The minimum absolute atomic E-state index is 0.0694. The zero-order valence-electron chi connectivity index (χ0n) is 16.3. The van der Waals surface area contributed by atoms with Crippen LogP contribution >= 0.6 is 23.4 Å². The van der Waals surface area contributed by atoms with Gasteiger partial charge in [-0.1, -0.05) is 31.5 Å². The molecule has 3 rings (SSSR count). The highest BCUT2D eigenvalue weighted by atomic mass is 35.5. The summed E-state index contributed by atoms with van der Waals surface area (Å²) >= 11 is 7.84. The van der Waals surface area contributed by atoms with Crippen molar-refractivity contribution in [3.05, 3.63) is 28.8 Å². The molecule has 2 fully saturated rings. The Kier molecular flexibility index (Phi) is 6.46. The molecule has 2 atom stereocenters. The highest BCUT2D eigenvalue weighted by molar-refractivity contribution is 7.98. The van der Waals surface area contributed by atoms with Crippen LogP contribution in [0.15, 0.2) is 23.1 Å². The van der Waals surface area contributed by atoms with Gasteiger partial charge in [0.05, 0.1) is 24.2 Å². The van der Waals surface area contributed by atoms with Crippen LogP contribution in [0.3, 0.4) is 0 Å². The van der Waals surface area contributed by atoms with Crippen LogP contribution in [-0.4, -0.2) is 36.3 Å².